The lowest BCUT2D eigenvalue weighted by atomic mass is 9.84. The van der Waals surface area contributed by atoms with Crippen LogP contribution in [0.25, 0.3) is 0 Å². The molecule has 104 valence electrons. The van der Waals surface area contributed by atoms with E-state index >= 15 is 0 Å². The fraction of sp³-hybridized carbons (Fsp3) is 0.250. The molecule has 2 aromatic carbocycles. The number of hydrogen-bond acceptors (Lipinski definition) is 2. The fourth-order valence-corrected chi connectivity index (χ4v) is 3.62. The van der Waals surface area contributed by atoms with Crippen LogP contribution in [0, 0.1) is 0 Å². The van der Waals surface area contributed by atoms with E-state index in [2.05, 4.69) is 44.0 Å². The van der Waals surface area contributed by atoms with Gasteiger partial charge in [-0.1, -0.05) is 50.1 Å². The summed E-state index contributed by atoms with van der Waals surface area (Å²) in [6.45, 7) is 0.723. The van der Waals surface area contributed by atoms with Crippen molar-refractivity contribution in [1.82, 2.24) is 0 Å². The van der Waals surface area contributed by atoms with E-state index in [0.717, 1.165) is 33.3 Å². The summed E-state index contributed by atoms with van der Waals surface area (Å²) in [7, 11) is 0. The Bertz CT molecular complexity index is 630. The lowest BCUT2D eigenvalue weighted by molar-refractivity contribution is 0.255. The zero-order chi connectivity index (χ0) is 14.1. The van der Waals surface area contributed by atoms with Crippen molar-refractivity contribution in [2.45, 2.75) is 18.4 Å². The molecule has 3 rings (SSSR count). The van der Waals surface area contributed by atoms with Gasteiger partial charge in [0.05, 0.1) is 6.61 Å². The number of halogens is 2. The Balaban J connectivity index is 1.99. The van der Waals surface area contributed by atoms with Gasteiger partial charge in [0.25, 0.3) is 0 Å². The highest BCUT2D eigenvalue weighted by atomic mass is 79.9. The van der Waals surface area contributed by atoms with E-state index in [0.29, 0.717) is 0 Å². The number of nitrogens with two attached hydrogens (primary N) is 1. The standard InChI is InChI=1S/C16H15Br2NO/c17-10-5-6-14(18)13(9-10)16(19)12-7-8-20-15-4-2-1-3-11(12)15/h1-6,9,12,16H,7-8,19H2. The lowest BCUT2D eigenvalue weighted by Gasteiger charge is -2.31. The minimum Gasteiger partial charge on any atom is -0.493 e. The molecular formula is C16H15Br2NO. The van der Waals surface area contributed by atoms with Crippen LogP contribution in [0.3, 0.4) is 0 Å². The molecule has 20 heavy (non-hydrogen) atoms. The highest BCUT2D eigenvalue weighted by Gasteiger charge is 2.28. The summed E-state index contributed by atoms with van der Waals surface area (Å²) in [6.07, 6.45) is 0.942. The number of hydrogen-bond donors (Lipinski definition) is 1. The third kappa shape index (κ3) is 2.65. The highest BCUT2D eigenvalue weighted by Crippen LogP contribution is 2.42. The van der Waals surface area contributed by atoms with Crippen LogP contribution in [0.4, 0.5) is 0 Å². The maximum absolute atomic E-state index is 6.55. The summed E-state index contributed by atoms with van der Waals surface area (Å²) >= 11 is 7.12. The second-order valence-electron chi connectivity index (χ2n) is 4.97. The molecule has 0 bridgehead atoms. The number of para-hydroxylation sites is 1. The molecule has 0 saturated heterocycles. The van der Waals surface area contributed by atoms with E-state index in [1.807, 2.05) is 30.3 Å². The molecule has 2 aromatic rings. The van der Waals surface area contributed by atoms with Crippen molar-refractivity contribution in [2.24, 2.45) is 5.73 Å². The van der Waals surface area contributed by atoms with E-state index in [-0.39, 0.29) is 12.0 Å². The van der Waals surface area contributed by atoms with Crippen LogP contribution >= 0.6 is 31.9 Å². The van der Waals surface area contributed by atoms with Gasteiger partial charge in [0.15, 0.2) is 0 Å². The average molecular weight is 397 g/mol. The molecule has 0 radical (unpaired) electrons. The van der Waals surface area contributed by atoms with Crippen molar-refractivity contribution in [3.8, 4) is 5.75 Å². The van der Waals surface area contributed by atoms with Crippen molar-refractivity contribution in [2.75, 3.05) is 6.61 Å². The molecule has 0 fully saturated rings. The summed E-state index contributed by atoms with van der Waals surface area (Å²) in [5.74, 6) is 1.25. The van der Waals surface area contributed by atoms with Gasteiger partial charge in [0.1, 0.15) is 5.75 Å². The van der Waals surface area contributed by atoms with Crippen molar-refractivity contribution >= 4 is 31.9 Å². The minimum atomic E-state index is -0.0491. The van der Waals surface area contributed by atoms with E-state index in [1.54, 1.807) is 0 Å². The molecule has 2 unspecified atom stereocenters. The number of benzene rings is 2. The molecule has 1 heterocycles. The third-order valence-electron chi connectivity index (χ3n) is 3.76. The molecule has 4 heteroatoms. The second kappa shape index (κ2) is 5.88. The van der Waals surface area contributed by atoms with Crippen LogP contribution in [0.15, 0.2) is 51.4 Å². The Kier molecular flexibility index (Phi) is 4.15. The first kappa shape index (κ1) is 14.1. The highest BCUT2D eigenvalue weighted by molar-refractivity contribution is 9.11. The molecule has 1 aliphatic heterocycles. The van der Waals surface area contributed by atoms with Crippen LogP contribution in [0.2, 0.25) is 0 Å². The minimum absolute atomic E-state index is 0.0491. The van der Waals surface area contributed by atoms with Crippen LogP contribution < -0.4 is 10.5 Å². The van der Waals surface area contributed by atoms with Gasteiger partial charge < -0.3 is 10.5 Å². The zero-order valence-corrected chi connectivity index (χ0v) is 14.0. The Hall–Kier alpha value is -0.840. The van der Waals surface area contributed by atoms with Crippen LogP contribution in [0.1, 0.15) is 29.5 Å². The molecule has 1 aliphatic rings. The predicted octanol–water partition coefficient (Wildman–Crippen LogP) is 4.78. The van der Waals surface area contributed by atoms with Crippen LogP contribution in [0.5, 0.6) is 5.75 Å². The SMILES string of the molecule is NC(c1cc(Br)ccc1Br)C1CCOc2ccccc21. The molecule has 0 aliphatic carbocycles. The molecule has 2 nitrogen and oxygen atoms in total. The zero-order valence-electron chi connectivity index (χ0n) is 10.9. The van der Waals surface area contributed by atoms with E-state index in [4.69, 9.17) is 10.5 Å². The van der Waals surface area contributed by atoms with Crippen LogP contribution in [-0.2, 0) is 0 Å². The topological polar surface area (TPSA) is 35.2 Å². The monoisotopic (exact) mass is 395 g/mol. The summed E-state index contributed by atoms with van der Waals surface area (Å²) in [4.78, 5) is 0. The van der Waals surface area contributed by atoms with E-state index in [1.165, 1.54) is 5.56 Å². The first-order chi connectivity index (χ1) is 9.66. The summed E-state index contributed by atoms with van der Waals surface area (Å²) in [5.41, 5.74) is 8.88. The lowest BCUT2D eigenvalue weighted by Crippen LogP contribution is -2.25. The quantitative estimate of drug-likeness (QED) is 0.792. The second-order valence-corrected chi connectivity index (χ2v) is 6.74. The number of ether oxygens (including phenoxy) is 1. The Morgan fingerprint density at radius 2 is 1.95 bits per heavy atom. The fourth-order valence-electron chi connectivity index (χ4n) is 2.73. The summed E-state index contributed by atoms with van der Waals surface area (Å²) in [6, 6.07) is 14.3. The first-order valence-corrected chi connectivity index (χ1v) is 8.17. The molecular weight excluding hydrogens is 382 g/mol. The average Bonchev–Trinajstić information content (AvgIpc) is 2.48. The van der Waals surface area contributed by atoms with Gasteiger partial charge in [-0.3, -0.25) is 0 Å². The molecule has 2 N–H and O–H groups in total. The normalized spacial score (nSPS) is 19.1. The summed E-state index contributed by atoms with van der Waals surface area (Å²) in [5, 5.41) is 0. The van der Waals surface area contributed by atoms with E-state index < -0.39 is 0 Å². The van der Waals surface area contributed by atoms with Crippen LogP contribution in [-0.4, -0.2) is 6.61 Å². The Morgan fingerprint density at radius 1 is 1.15 bits per heavy atom. The Morgan fingerprint density at radius 3 is 2.80 bits per heavy atom. The van der Waals surface area contributed by atoms with Gasteiger partial charge in [-0.05, 0) is 41.8 Å². The maximum atomic E-state index is 6.55. The number of fused-ring (bicyclic) bond motifs is 1. The van der Waals surface area contributed by atoms with Gasteiger partial charge in [0.2, 0.25) is 0 Å². The molecule has 2 atom stereocenters. The van der Waals surface area contributed by atoms with E-state index in [9.17, 15) is 0 Å². The molecule has 0 saturated carbocycles. The smallest absolute Gasteiger partial charge is 0.122 e. The Labute approximate surface area is 135 Å². The third-order valence-corrected chi connectivity index (χ3v) is 4.97. The van der Waals surface area contributed by atoms with Crippen molar-refractivity contribution in [3.05, 3.63) is 62.5 Å². The van der Waals surface area contributed by atoms with Gasteiger partial charge >= 0.3 is 0 Å². The van der Waals surface area contributed by atoms with Gasteiger partial charge in [-0.2, -0.15) is 0 Å². The largest absolute Gasteiger partial charge is 0.493 e. The maximum Gasteiger partial charge on any atom is 0.122 e. The predicted molar refractivity (Wildman–Crippen MR) is 88.1 cm³/mol. The van der Waals surface area contributed by atoms with Crippen molar-refractivity contribution in [1.29, 1.82) is 0 Å². The molecule has 0 spiro atoms. The molecule has 0 amide bonds. The summed E-state index contributed by atoms with van der Waals surface area (Å²) < 4.78 is 7.82. The molecule has 0 aromatic heterocycles. The van der Waals surface area contributed by atoms with Gasteiger partial charge in [0, 0.05) is 20.9 Å². The first-order valence-electron chi connectivity index (χ1n) is 6.59. The van der Waals surface area contributed by atoms with Crippen molar-refractivity contribution < 1.29 is 4.74 Å². The van der Waals surface area contributed by atoms with Crippen molar-refractivity contribution in [3.63, 3.8) is 0 Å². The van der Waals surface area contributed by atoms with Gasteiger partial charge in [-0.15, -0.1) is 0 Å². The number of rotatable bonds is 2. The van der Waals surface area contributed by atoms with Gasteiger partial charge in [-0.25, -0.2) is 0 Å².